The highest BCUT2D eigenvalue weighted by atomic mass is 16.3. The van der Waals surface area contributed by atoms with Gasteiger partial charge in [-0.15, -0.1) is 0 Å². The molecule has 0 aliphatic carbocycles. The van der Waals surface area contributed by atoms with Crippen LogP contribution in [0.2, 0.25) is 0 Å². The van der Waals surface area contributed by atoms with Gasteiger partial charge in [0.15, 0.2) is 0 Å². The number of aliphatic hydroxyl groups excluding tert-OH is 1. The van der Waals surface area contributed by atoms with E-state index in [9.17, 15) is 5.11 Å². The van der Waals surface area contributed by atoms with Gasteiger partial charge in [-0.3, -0.25) is 0 Å². The lowest BCUT2D eigenvalue weighted by Crippen LogP contribution is -2.32. The minimum Gasteiger partial charge on any atom is -0.392 e. The molecule has 0 aromatic heterocycles. The molecule has 1 saturated heterocycles. The summed E-state index contributed by atoms with van der Waals surface area (Å²) in [7, 11) is 0. The molecule has 2 atom stereocenters. The number of aliphatic hydroxyl groups is 1. The zero-order chi connectivity index (χ0) is 8.10. The number of rotatable bonds is 2. The van der Waals surface area contributed by atoms with Gasteiger partial charge in [-0.25, -0.2) is 0 Å². The zero-order valence-electron chi connectivity index (χ0n) is 7.14. The normalized spacial score (nSPS) is 33.3. The molecule has 1 fully saturated rings. The number of hydrogen-bond acceptors (Lipinski definition) is 3. The van der Waals surface area contributed by atoms with E-state index >= 15 is 0 Å². The average molecular weight is 158 g/mol. The van der Waals surface area contributed by atoms with Crippen molar-refractivity contribution in [3.8, 4) is 0 Å². The molecule has 0 amide bonds. The second kappa shape index (κ2) is 4.70. The van der Waals surface area contributed by atoms with Crippen LogP contribution in [-0.2, 0) is 0 Å². The van der Waals surface area contributed by atoms with Crippen LogP contribution in [0, 0.1) is 0 Å². The Morgan fingerprint density at radius 2 is 2.45 bits per heavy atom. The second-order valence-corrected chi connectivity index (χ2v) is 3.14. The maximum atomic E-state index is 9.38. The molecule has 0 aromatic carbocycles. The second-order valence-electron chi connectivity index (χ2n) is 3.14. The minimum absolute atomic E-state index is 0.165. The summed E-state index contributed by atoms with van der Waals surface area (Å²) < 4.78 is 0. The summed E-state index contributed by atoms with van der Waals surface area (Å²) >= 11 is 0. The Kier molecular flexibility index (Phi) is 3.83. The van der Waals surface area contributed by atoms with Crippen molar-refractivity contribution in [3.05, 3.63) is 0 Å². The minimum atomic E-state index is -0.165. The summed E-state index contributed by atoms with van der Waals surface area (Å²) in [6, 6.07) is 0.505. The van der Waals surface area contributed by atoms with Crippen LogP contribution in [0.4, 0.5) is 0 Å². The van der Waals surface area contributed by atoms with Gasteiger partial charge in [-0.1, -0.05) is 6.92 Å². The van der Waals surface area contributed by atoms with Gasteiger partial charge in [-0.2, -0.15) is 0 Å². The van der Waals surface area contributed by atoms with E-state index in [2.05, 4.69) is 17.6 Å². The van der Waals surface area contributed by atoms with Crippen LogP contribution in [-0.4, -0.2) is 36.9 Å². The van der Waals surface area contributed by atoms with Gasteiger partial charge in [0.05, 0.1) is 6.10 Å². The van der Waals surface area contributed by atoms with Crippen LogP contribution in [0.1, 0.15) is 19.8 Å². The molecule has 1 aliphatic rings. The first-order valence-electron chi connectivity index (χ1n) is 4.45. The highest BCUT2D eigenvalue weighted by Crippen LogP contribution is 2.04. The van der Waals surface area contributed by atoms with E-state index < -0.39 is 0 Å². The molecule has 1 rings (SSSR count). The van der Waals surface area contributed by atoms with Gasteiger partial charge in [0.2, 0.25) is 0 Å². The first-order chi connectivity index (χ1) is 5.33. The Bertz CT molecular complexity index is 108. The molecule has 3 N–H and O–H groups in total. The van der Waals surface area contributed by atoms with Crippen molar-refractivity contribution in [3.63, 3.8) is 0 Å². The van der Waals surface area contributed by atoms with Crippen LogP contribution in [0.5, 0.6) is 0 Å². The summed E-state index contributed by atoms with van der Waals surface area (Å²) in [6.45, 7) is 4.87. The lowest BCUT2D eigenvalue weighted by atomic mass is 10.1. The quantitative estimate of drug-likeness (QED) is 0.517. The molecule has 66 valence electrons. The Morgan fingerprint density at radius 3 is 3.18 bits per heavy atom. The lowest BCUT2D eigenvalue weighted by Gasteiger charge is -2.15. The summed E-state index contributed by atoms with van der Waals surface area (Å²) in [6.07, 6.45) is 1.85. The van der Waals surface area contributed by atoms with Gasteiger partial charge in [0, 0.05) is 12.6 Å². The molecule has 0 saturated carbocycles. The maximum absolute atomic E-state index is 9.38. The predicted octanol–water partition coefficient (Wildman–Crippen LogP) is -0.291. The van der Waals surface area contributed by atoms with Crippen LogP contribution >= 0.6 is 0 Å². The first-order valence-corrected chi connectivity index (χ1v) is 4.45. The molecule has 3 heteroatoms. The van der Waals surface area contributed by atoms with Crippen LogP contribution < -0.4 is 10.6 Å². The van der Waals surface area contributed by atoms with Crippen molar-refractivity contribution in [2.45, 2.75) is 31.9 Å². The van der Waals surface area contributed by atoms with Crippen LogP contribution in [0.15, 0.2) is 0 Å². The summed E-state index contributed by atoms with van der Waals surface area (Å²) in [5, 5.41) is 15.9. The van der Waals surface area contributed by atoms with Crippen molar-refractivity contribution >= 4 is 0 Å². The van der Waals surface area contributed by atoms with Crippen molar-refractivity contribution < 1.29 is 5.11 Å². The van der Waals surface area contributed by atoms with E-state index in [0.29, 0.717) is 6.04 Å². The smallest absolute Gasteiger partial charge is 0.0679 e. The number of nitrogens with one attached hydrogen (secondary N) is 2. The van der Waals surface area contributed by atoms with Gasteiger partial charge < -0.3 is 15.7 Å². The fraction of sp³-hybridized carbons (Fsp3) is 1.00. The van der Waals surface area contributed by atoms with Crippen LogP contribution in [0.3, 0.4) is 0 Å². The Balaban J connectivity index is 2.27. The molecule has 0 bridgehead atoms. The Morgan fingerprint density at radius 1 is 1.64 bits per heavy atom. The van der Waals surface area contributed by atoms with E-state index in [1.807, 2.05) is 0 Å². The predicted molar refractivity (Wildman–Crippen MR) is 45.6 cm³/mol. The molecule has 2 unspecified atom stereocenters. The summed E-state index contributed by atoms with van der Waals surface area (Å²) in [4.78, 5) is 0. The molecule has 11 heavy (non-hydrogen) atoms. The van der Waals surface area contributed by atoms with Gasteiger partial charge in [-0.05, 0) is 25.9 Å². The average Bonchev–Trinajstić information content (AvgIpc) is 2.15. The maximum Gasteiger partial charge on any atom is 0.0679 e. The molecular weight excluding hydrogens is 140 g/mol. The van der Waals surface area contributed by atoms with Gasteiger partial charge in [0.25, 0.3) is 0 Å². The summed E-state index contributed by atoms with van der Waals surface area (Å²) in [5.74, 6) is 0. The number of hydrogen-bond donors (Lipinski definition) is 3. The van der Waals surface area contributed by atoms with E-state index in [1.54, 1.807) is 0 Å². The van der Waals surface area contributed by atoms with Gasteiger partial charge >= 0.3 is 0 Å². The highest BCUT2D eigenvalue weighted by Gasteiger charge is 2.16. The van der Waals surface area contributed by atoms with Crippen molar-refractivity contribution in [2.75, 3.05) is 19.6 Å². The van der Waals surface area contributed by atoms with Gasteiger partial charge in [0.1, 0.15) is 0 Å². The Labute approximate surface area is 68.2 Å². The van der Waals surface area contributed by atoms with Crippen LogP contribution in [0.25, 0.3) is 0 Å². The Hall–Kier alpha value is -0.120. The van der Waals surface area contributed by atoms with E-state index in [-0.39, 0.29) is 6.10 Å². The standard InChI is InChI=1S/C8H18N2O/c1-2-10-7-3-4-9-6-8(11)5-7/h7-11H,2-6H2,1H3. The topological polar surface area (TPSA) is 44.3 Å². The zero-order valence-corrected chi connectivity index (χ0v) is 7.14. The molecule has 1 heterocycles. The monoisotopic (exact) mass is 158 g/mol. The van der Waals surface area contributed by atoms with E-state index in [1.165, 1.54) is 0 Å². The third-order valence-corrected chi connectivity index (χ3v) is 2.10. The first kappa shape index (κ1) is 8.97. The molecule has 0 aromatic rings. The fourth-order valence-corrected chi connectivity index (χ4v) is 1.55. The molecule has 1 aliphatic heterocycles. The molecular formula is C8H18N2O. The molecule has 0 spiro atoms. The molecule has 0 radical (unpaired) electrons. The summed E-state index contributed by atoms with van der Waals surface area (Å²) in [5.41, 5.74) is 0. The van der Waals surface area contributed by atoms with Crippen molar-refractivity contribution in [2.24, 2.45) is 0 Å². The molecule has 3 nitrogen and oxygen atoms in total. The largest absolute Gasteiger partial charge is 0.392 e. The fourth-order valence-electron chi connectivity index (χ4n) is 1.55. The lowest BCUT2D eigenvalue weighted by molar-refractivity contribution is 0.158. The SMILES string of the molecule is CCNC1CCNCC(O)C1. The van der Waals surface area contributed by atoms with Crippen molar-refractivity contribution in [1.82, 2.24) is 10.6 Å². The van der Waals surface area contributed by atoms with E-state index in [4.69, 9.17) is 0 Å². The third kappa shape index (κ3) is 3.18. The highest BCUT2D eigenvalue weighted by molar-refractivity contribution is 4.76. The number of β-amino-alcohol motifs (C(OH)–C–C–N with tert-alkyl or cyclic N) is 1. The van der Waals surface area contributed by atoms with Crippen molar-refractivity contribution in [1.29, 1.82) is 0 Å². The van der Waals surface area contributed by atoms with E-state index in [0.717, 1.165) is 32.5 Å². The third-order valence-electron chi connectivity index (χ3n) is 2.10.